The van der Waals surface area contributed by atoms with Crippen molar-refractivity contribution in [3.05, 3.63) is 35.4 Å². The van der Waals surface area contributed by atoms with Gasteiger partial charge in [-0.3, -0.25) is 0 Å². The first-order chi connectivity index (χ1) is 10.4. The summed E-state index contributed by atoms with van der Waals surface area (Å²) in [4.78, 5) is 0. The lowest BCUT2D eigenvalue weighted by Crippen LogP contribution is -2.44. The molecule has 0 aliphatic heterocycles. The predicted octanol–water partition coefficient (Wildman–Crippen LogP) is 4.30. The zero-order valence-corrected chi connectivity index (χ0v) is 14.2. The third-order valence-corrected chi connectivity index (χ3v) is 6.29. The van der Waals surface area contributed by atoms with Crippen LogP contribution in [0, 0.1) is 0 Å². The second kappa shape index (κ2) is 8.66. The Kier molecular flexibility index (Phi) is 7.54. The lowest BCUT2D eigenvalue weighted by molar-refractivity contribution is -0.137. The van der Waals surface area contributed by atoms with Gasteiger partial charge in [0, 0.05) is 26.4 Å². The van der Waals surface area contributed by atoms with Crippen LogP contribution in [0.5, 0.6) is 0 Å². The van der Waals surface area contributed by atoms with Crippen LogP contribution in [-0.4, -0.2) is 29.1 Å². The third kappa shape index (κ3) is 5.72. The van der Waals surface area contributed by atoms with Gasteiger partial charge in [-0.25, -0.2) is 0 Å². The molecule has 3 nitrogen and oxygen atoms in total. The monoisotopic (exact) mass is 336 g/mol. The van der Waals surface area contributed by atoms with Crippen LogP contribution in [0.3, 0.4) is 0 Å². The molecule has 0 aliphatic rings. The van der Waals surface area contributed by atoms with Gasteiger partial charge in [-0.2, -0.15) is 13.2 Å². The standard InChI is InChI=1S/C15H23F3O3Si/c1-4-20-22(19-3,21-5-2)11-7-9-13-8-6-10-14(12-13)15(16,17)18/h6,8,10,12H,4-5,7,9,11H2,1-3H3. The molecule has 1 aromatic carbocycles. The van der Waals surface area contributed by atoms with Crippen molar-refractivity contribution < 1.29 is 26.4 Å². The Morgan fingerprint density at radius 2 is 1.73 bits per heavy atom. The summed E-state index contributed by atoms with van der Waals surface area (Å²) in [6.45, 7) is 4.71. The highest BCUT2D eigenvalue weighted by Crippen LogP contribution is 2.30. The summed E-state index contributed by atoms with van der Waals surface area (Å²) in [5, 5.41) is 0. The van der Waals surface area contributed by atoms with Crippen LogP contribution in [0.4, 0.5) is 13.2 Å². The van der Waals surface area contributed by atoms with E-state index in [1.807, 2.05) is 13.8 Å². The van der Waals surface area contributed by atoms with Gasteiger partial charge in [-0.15, -0.1) is 0 Å². The van der Waals surface area contributed by atoms with Crippen LogP contribution in [0.2, 0.25) is 6.04 Å². The van der Waals surface area contributed by atoms with Gasteiger partial charge < -0.3 is 13.3 Å². The van der Waals surface area contributed by atoms with E-state index in [-0.39, 0.29) is 0 Å². The predicted molar refractivity (Wildman–Crippen MR) is 80.6 cm³/mol. The number of rotatable bonds is 9. The van der Waals surface area contributed by atoms with E-state index in [4.69, 9.17) is 13.3 Å². The van der Waals surface area contributed by atoms with Crippen molar-refractivity contribution in [2.75, 3.05) is 20.3 Å². The maximum Gasteiger partial charge on any atom is 0.500 e. The molecule has 7 heteroatoms. The minimum atomic E-state index is -4.31. The molecule has 0 amide bonds. The van der Waals surface area contributed by atoms with Crippen LogP contribution in [0.15, 0.2) is 24.3 Å². The molecule has 0 saturated heterocycles. The summed E-state index contributed by atoms with van der Waals surface area (Å²) in [6.07, 6.45) is -3.12. The lowest BCUT2D eigenvalue weighted by atomic mass is 10.1. The Morgan fingerprint density at radius 3 is 2.23 bits per heavy atom. The summed E-state index contributed by atoms with van der Waals surface area (Å²) in [7, 11) is -1.14. The minimum Gasteiger partial charge on any atom is -0.377 e. The van der Waals surface area contributed by atoms with E-state index >= 15 is 0 Å². The van der Waals surface area contributed by atoms with Crippen molar-refractivity contribution in [3.8, 4) is 0 Å². The topological polar surface area (TPSA) is 27.7 Å². The fraction of sp³-hybridized carbons (Fsp3) is 0.600. The molecule has 0 radical (unpaired) electrons. The van der Waals surface area contributed by atoms with Gasteiger partial charge in [0.15, 0.2) is 0 Å². The second-order valence-electron chi connectivity index (χ2n) is 4.80. The number of halogens is 3. The van der Waals surface area contributed by atoms with E-state index in [2.05, 4.69) is 0 Å². The maximum absolute atomic E-state index is 12.7. The molecule has 0 aliphatic carbocycles. The second-order valence-corrected chi connectivity index (χ2v) is 7.66. The molecule has 1 aromatic rings. The van der Waals surface area contributed by atoms with E-state index in [9.17, 15) is 13.2 Å². The summed E-state index contributed by atoms with van der Waals surface area (Å²) in [5.41, 5.74) is 0.0386. The first kappa shape index (κ1) is 19.2. The fourth-order valence-electron chi connectivity index (χ4n) is 2.26. The van der Waals surface area contributed by atoms with Crippen LogP contribution >= 0.6 is 0 Å². The van der Waals surface area contributed by atoms with E-state index < -0.39 is 20.5 Å². The van der Waals surface area contributed by atoms with Crippen molar-refractivity contribution in [1.82, 2.24) is 0 Å². The number of alkyl halides is 3. The molecule has 1 rings (SSSR count). The first-order valence-corrected chi connectivity index (χ1v) is 9.29. The summed E-state index contributed by atoms with van der Waals surface area (Å²) >= 11 is 0. The van der Waals surface area contributed by atoms with E-state index in [1.54, 1.807) is 13.2 Å². The Labute approximate surface area is 130 Å². The zero-order chi connectivity index (χ0) is 16.6. The average Bonchev–Trinajstić information content (AvgIpc) is 2.47. The van der Waals surface area contributed by atoms with E-state index in [1.165, 1.54) is 12.1 Å². The van der Waals surface area contributed by atoms with Crippen molar-refractivity contribution in [3.63, 3.8) is 0 Å². The molecule has 0 spiro atoms. The largest absolute Gasteiger partial charge is 0.500 e. The van der Waals surface area contributed by atoms with Gasteiger partial charge >= 0.3 is 15.0 Å². The van der Waals surface area contributed by atoms with Crippen LogP contribution in [0.25, 0.3) is 0 Å². The smallest absolute Gasteiger partial charge is 0.377 e. The van der Waals surface area contributed by atoms with Crippen molar-refractivity contribution in [2.45, 2.75) is 38.9 Å². The number of hydrogen-bond donors (Lipinski definition) is 0. The van der Waals surface area contributed by atoms with Gasteiger partial charge in [0.25, 0.3) is 0 Å². The normalized spacial score (nSPS) is 12.6. The van der Waals surface area contributed by atoms with Crippen molar-refractivity contribution >= 4 is 8.80 Å². The van der Waals surface area contributed by atoms with Gasteiger partial charge in [0.1, 0.15) is 0 Å². The van der Waals surface area contributed by atoms with Gasteiger partial charge in [-0.05, 0) is 38.3 Å². The molecule has 0 saturated carbocycles. The number of benzene rings is 1. The highest BCUT2D eigenvalue weighted by atomic mass is 28.4. The quantitative estimate of drug-likeness (QED) is 0.630. The highest BCUT2D eigenvalue weighted by Gasteiger charge is 2.38. The summed E-state index contributed by atoms with van der Waals surface area (Å²) in [6, 6.07) is 5.99. The number of hydrogen-bond acceptors (Lipinski definition) is 3. The maximum atomic E-state index is 12.7. The summed E-state index contributed by atoms with van der Waals surface area (Å²) in [5.74, 6) is 0. The van der Waals surface area contributed by atoms with Crippen LogP contribution in [-0.2, 0) is 25.9 Å². The molecule has 0 fully saturated rings. The Hall–Kier alpha value is -0.893. The average molecular weight is 336 g/mol. The molecule has 0 unspecified atom stereocenters. The lowest BCUT2D eigenvalue weighted by Gasteiger charge is -2.27. The minimum absolute atomic E-state index is 0.490. The molecule has 0 N–H and O–H groups in total. The zero-order valence-electron chi connectivity index (χ0n) is 13.2. The molecule has 0 aromatic heterocycles. The molecular weight excluding hydrogens is 313 g/mol. The number of aryl methyl sites for hydroxylation is 1. The highest BCUT2D eigenvalue weighted by molar-refractivity contribution is 6.60. The Balaban J connectivity index is 2.65. The molecule has 126 valence electrons. The van der Waals surface area contributed by atoms with Crippen molar-refractivity contribution in [1.29, 1.82) is 0 Å². The Bertz CT molecular complexity index is 446. The van der Waals surface area contributed by atoms with Gasteiger partial charge in [-0.1, -0.05) is 18.2 Å². The summed E-state index contributed by atoms with van der Waals surface area (Å²) < 4.78 is 54.8. The van der Waals surface area contributed by atoms with Gasteiger partial charge in [0.2, 0.25) is 0 Å². The van der Waals surface area contributed by atoms with E-state index in [0.29, 0.717) is 37.7 Å². The van der Waals surface area contributed by atoms with E-state index in [0.717, 1.165) is 6.07 Å². The molecular formula is C15H23F3O3Si. The van der Waals surface area contributed by atoms with Gasteiger partial charge in [0.05, 0.1) is 5.56 Å². The first-order valence-electron chi connectivity index (χ1n) is 7.36. The SMILES string of the molecule is CCO[Si](CCCc1cccc(C(F)(F)F)c1)(OC)OCC. The Morgan fingerprint density at radius 1 is 1.09 bits per heavy atom. The van der Waals surface area contributed by atoms with Crippen LogP contribution < -0.4 is 0 Å². The van der Waals surface area contributed by atoms with Crippen molar-refractivity contribution in [2.24, 2.45) is 0 Å². The molecule has 0 bridgehead atoms. The van der Waals surface area contributed by atoms with Crippen LogP contribution in [0.1, 0.15) is 31.4 Å². The molecule has 0 atom stereocenters. The fourth-order valence-corrected chi connectivity index (χ4v) is 4.56. The molecule has 0 heterocycles. The third-order valence-electron chi connectivity index (χ3n) is 3.24. The molecule has 22 heavy (non-hydrogen) atoms.